The Hall–Kier alpha value is -3.78. The maximum Gasteiger partial charge on any atom is 0.450 e. The van der Waals surface area contributed by atoms with Crippen LogP contribution >= 0.6 is 0 Å². The first kappa shape index (κ1) is 23.0. The normalized spacial score (nSPS) is 13.9. The molecule has 4 aromatic rings. The number of hydrogen-bond acceptors (Lipinski definition) is 5. The molecule has 0 amide bonds. The Morgan fingerprint density at radius 3 is 2.49 bits per heavy atom. The summed E-state index contributed by atoms with van der Waals surface area (Å²) in [6.45, 7) is 1.13. The molecule has 5 nitrogen and oxygen atoms in total. The van der Waals surface area contributed by atoms with Crippen molar-refractivity contribution in [2.45, 2.75) is 19.1 Å². The van der Waals surface area contributed by atoms with Crippen LogP contribution in [0.15, 0.2) is 75.9 Å². The number of benzene rings is 3. The molecule has 0 saturated carbocycles. The fraction of sp³-hybridized carbons (Fsp3) is 0.222. The van der Waals surface area contributed by atoms with E-state index in [2.05, 4.69) is 0 Å². The van der Waals surface area contributed by atoms with Crippen LogP contribution < -0.4 is 14.9 Å². The van der Waals surface area contributed by atoms with Gasteiger partial charge in [0.2, 0.25) is 11.2 Å². The zero-order chi connectivity index (χ0) is 24.6. The number of rotatable bonds is 5. The molecule has 0 atom stereocenters. The Labute approximate surface area is 199 Å². The van der Waals surface area contributed by atoms with Gasteiger partial charge >= 0.3 is 6.18 Å². The molecule has 35 heavy (non-hydrogen) atoms. The lowest BCUT2D eigenvalue weighted by molar-refractivity contribution is -0.152. The summed E-state index contributed by atoms with van der Waals surface area (Å²) in [7, 11) is 1.61. The number of alkyl halides is 3. The van der Waals surface area contributed by atoms with Gasteiger partial charge in [-0.3, -0.25) is 9.69 Å². The number of nitrogens with zero attached hydrogens (tertiary/aromatic N) is 1. The monoisotopic (exact) mass is 481 g/mol. The molecule has 0 bridgehead atoms. The van der Waals surface area contributed by atoms with E-state index in [4.69, 9.17) is 13.9 Å². The molecule has 1 aliphatic heterocycles. The van der Waals surface area contributed by atoms with Crippen molar-refractivity contribution < 1.29 is 27.1 Å². The van der Waals surface area contributed by atoms with E-state index in [0.29, 0.717) is 24.3 Å². The summed E-state index contributed by atoms with van der Waals surface area (Å²) in [5.41, 5.74) is 0.284. The number of ether oxygens (including phenoxy) is 2. The highest BCUT2D eigenvalue weighted by atomic mass is 19.4. The van der Waals surface area contributed by atoms with Gasteiger partial charge in [-0.25, -0.2) is 0 Å². The highest BCUT2D eigenvalue weighted by Crippen LogP contribution is 2.40. The maximum atomic E-state index is 14.0. The van der Waals surface area contributed by atoms with Crippen LogP contribution in [0.2, 0.25) is 0 Å². The van der Waals surface area contributed by atoms with Crippen molar-refractivity contribution in [3.8, 4) is 22.6 Å². The summed E-state index contributed by atoms with van der Waals surface area (Å²) in [6.07, 6.45) is -4.19. The molecular weight excluding hydrogens is 459 g/mol. The second kappa shape index (κ2) is 9.11. The molecule has 0 unspecified atom stereocenters. The Bertz CT molecular complexity index is 1430. The molecule has 180 valence electrons. The van der Waals surface area contributed by atoms with Crippen molar-refractivity contribution in [2.75, 3.05) is 20.4 Å². The molecule has 0 spiro atoms. The average molecular weight is 481 g/mol. The zero-order valence-electron chi connectivity index (χ0n) is 18.9. The summed E-state index contributed by atoms with van der Waals surface area (Å²) >= 11 is 0. The zero-order valence-corrected chi connectivity index (χ0v) is 18.9. The fourth-order valence-corrected chi connectivity index (χ4v) is 4.41. The van der Waals surface area contributed by atoms with Crippen LogP contribution in [0.5, 0.6) is 11.5 Å². The molecule has 3 aromatic carbocycles. The Morgan fingerprint density at radius 2 is 1.74 bits per heavy atom. The van der Waals surface area contributed by atoms with Gasteiger partial charge in [0.15, 0.2) is 0 Å². The first-order valence-electron chi connectivity index (χ1n) is 11.1. The van der Waals surface area contributed by atoms with Gasteiger partial charge in [-0.2, -0.15) is 13.2 Å². The van der Waals surface area contributed by atoms with Crippen LogP contribution in [0.1, 0.15) is 16.9 Å². The topological polar surface area (TPSA) is 51.9 Å². The van der Waals surface area contributed by atoms with Crippen LogP contribution in [0.25, 0.3) is 22.1 Å². The molecule has 1 aliphatic rings. The van der Waals surface area contributed by atoms with Crippen LogP contribution in [0.4, 0.5) is 13.2 Å². The number of hydrogen-bond donors (Lipinski definition) is 0. The third-order valence-corrected chi connectivity index (χ3v) is 6.11. The summed E-state index contributed by atoms with van der Waals surface area (Å²) < 4.78 is 58.8. The smallest absolute Gasteiger partial charge is 0.450 e. The van der Waals surface area contributed by atoms with Gasteiger partial charge < -0.3 is 13.9 Å². The van der Waals surface area contributed by atoms with Gasteiger partial charge in [0.25, 0.3) is 0 Å². The summed E-state index contributed by atoms with van der Waals surface area (Å²) in [5.74, 6) is -0.124. The Kier molecular flexibility index (Phi) is 5.98. The fourth-order valence-electron chi connectivity index (χ4n) is 4.41. The van der Waals surface area contributed by atoms with Crippen molar-refractivity contribution in [1.82, 2.24) is 4.90 Å². The number of para-hydroxylation sites is 1. The van der Waals surface area contributed by atoms with Crippen LogP contribution in [0.3, 0.4) is 0 Å². The van der Waals surface area contributed by atoms with E-state index >= 15 is 0 Å². The van der Waals surface area contributed by atoms with E-state index in [1.54, 1.807) is 31.4 Å². The molecular formula is C27H22F3NO4. The maximum absolute atomic E-state index is 14.0. The van der Waals surface area contributed by atoms with Crippen LogP contribution in [-0.2, 0) is 19.1 Å². The average Bonchev–Trinajstić information content (AvgIpc) is 2.87. The van der Waals surface area contributed by atoms with E-state index in [0.717, 1.165) is 11.3 Å². The van der Waals surface area contributed by atoms with E-state index in [9.17, 15) is 18.0 Å². The molecule has 0 saturated heterocycles. The minimum absolute atomic E-state index is 0.0887. The lowest BCUT2D eigenvalue weighted by Gasteiger charge is -2.29. The largest absolute Gasteiger partial charge is 0.496 e. The third kappa shape index (κ3) is 4.37. The van der Waals surface area contributed by atoms with Crippen molar-refractivity contribution in [3.05, 3.63) is 93.8 Å². The number of fused-ring (bicyclic) bond motifs is 3. The van der Waals surface area contributed by atoms with E-state index in [1.165, 1.54) is 18.2 Å². The van der Waals surface area contributed by atoms with Crippen molar-refractivity contribution >= 4 is 11.0 Å². The molecule has 1 aromatic heterocycles. The minimum atomic E-state index is -4.85. The van der Waals surface area contributed by atoms with Gasteiger partial charge in [0.05, 0.1) is 23.6 Å². The summed E-state index contributed by atoms with van der Waals surface area (Å²) in [4.78, 5) is 15.3. The van der Waals surface area contributed by atoms with E-state index in [-0.39, 0.29) is 29.8 Å². The number of methoxy groups -OCH3 is 1. The van der Waals surface area contributed by atoms with Crippen LogP contribution in [-0.4, -0.2) is 25.3 Å². The van der Waals surface area contributed by atoms with Gasteiger partial charge in [-0.1, -0.05) is 48.5 Å². The van der Waals surface area contributed by atoms with Gasteiger partial charge in [-0.05, 0) is 35.7 Å². The first-order valence-corrected chi connectivity index (χ1v) is 11.1. The van der Waals surface area contributed by atoms with Crippen LogP contribution in [0, 0.1) is 0 Å². The second-order valence-corrected chi connectivity index (χ2v) is 8.31. The standard InChI is InChI=1S/C27H22F3NO4/c1-33-21-10-6-5-7-17(21)13-14-31-15-20-22(34-16-31)12-11-19-24(32)23(18-8-3-2-4-9-18)26(27(28,29)30)35-25(19)20/h2-12H,13-16H2,1H3. The van der Waals surface area contributed by atoms with Crippen molar-refractivity contribution in [3.63, 3.8) is 0 Å². The lowest BCUT2D eigenvalue weighted by Crippen LogP contribution is -2.34. The predicted molar refractivity (Wildman–Crippen MR) is 126 cm³/mol. The molecule has 2 heterocycles. The Balaban J connectivity index is 1.55. The van der Waals surface area contributed by atoms with Crippen molar-refractivity contribution in [2.24, 2.45) is 0 Å². The minimum Gasteiger partial charge on any atom is -0.496 e. The van der Waals surface area contributed by atoms with E-state index in [1.807, 2.05) is 29.2 Å². The van der Waals surface area contributed by atoms with Gasteiger partial charge in [0.1, 0.15) is 23.8 Å². The molecule has 0 fully saturated rings. The molecule has 0 aliphatic carbocycles. The summed E-state index contributed by atoms with van der Waals surface area (Å²) in [5, 5.41) is 0.0887. The molecule has 0 N–H and O–H groups in total. The number of halogens is 3. The molecule has 0 radical (unpaired) electrons. The van der Waals surface area contributed by atoms with Crippen molar-refractivity contribution in [1.29, 1.82) is 0 Å². The first-order chi connectivity index (χ1) is 16.9. The van der Waals surface area contributed by atoms with Gasteiger partial charge in [-0.15, -0.1) is 0 Å². The molecule has 5 rings (SSSR count). The lowest BCUT2D eigenvalue weighted by atomic mass is 10.00. The predicted octanol–water partition coefficient (Wildman–Crippen LogP) is 5.88. The quantitative estimate of drug-likeness (QED) is 0.356. The second-order valence-electron chi connectivity index (χ2n) is 8.31. The summed E-state index contributed by atoms with van der Waals surface area (Å²) in [6, 6.07) is 18.5. The Morgan fingerprint density at radius 1 is 1.00 bits per heavy atom. The highest BCUT2D eigenvalue weighted by molar-refractivity contribution is 5.87. The third-order valence-electron chi connectivity index (χ3n) is 6.11. The molecule has 8 heteroatoms. The SMILES string of the molecule is COc1ccccc1CCN1COc2ccc3c(=O)c(-c4ccccc4)c(C(F)(F)F)oc3c2C1. The van der Waals surface area contributed by atoms with E-state index < -0.39 is 22.9 Å². The van der Waals surface area contributed by atoms with Gasteiger partial charge in [0, 0.05) is 13.1 Å². The highest BCUT2D eigenvalue weighted by Gasteiger charge is 2.40.